The molecule has 0 aliphatic heterocycles. The molecule has 0 radical (unpaired) electrons. The smallest absolute Gasteiger partial charge is 0.0935 e. The Hall–Kier alpha value is -0.540. The van der Waals surface area contributed by atoms with Crippen LogP contribution in [0.4, 0.5) is 5.00 Å². The number of aliphatic hydroxyl groups is 1. The number of aryl methyl sites for hydroxylation is 1. The maximum atomic E-state index is 9.19. The number of anilines is 1. The molecule has 0 unspecified atom stereocenters. The maximum Gasteiger partial charge on any atom is 0.0935 e. The predicted octanol–water partition coefficient (Wildman–Crippen LogP) is 2.51. The van der Waals surface area contributed by atoms with Crippen molar-refractivity contribution in [2.75, 3.05) is 25.1 Å². The topological polar surface area (TPSA) is 23.5 Å². The fourth-order valence-electron chi connectivity index (χ4n) is 1.52. The van der Waals surface area contributed by atoms with Crippen LogP contribution in [0.3, 0.4) is 0 Å². The lowest BCUT2D eigenvalue weighted by atomic mass is 9.94. The second-order valence-corrected chi connectivity index (χ2v) is 5.48. The molecule has 0 saturated heterocycles. The maximum absolute atomic E-state index is 9.19. The summed E-state index contributed by atoms with van der Waals surface area (Å²) in [6.45, 7) is 7.37. The van der Waals surface area contributed by atoms with Crippen LogP contribution in [0.5, 0.6) is 0 Å². The van der Waals surface area contributed by atoms with Gasteiger partial charge >= 0.3 is 0 Å². The van der Waals surface area contributed by atoms with Gasteiger partial charge in [-0.05, 0) is 23.9 Å². The van der Waals surface area contributed by atoms with Crippen molar-refractivity contribution in [3.8, 4) is 0 Å². The van der Waals surface area contributed by atoms with Gasteiger partial charge in [-0.25, -0.2) is 0 Å². The van der Waals surface area contributed by atoms with Gasteiger partial charge in [-0.2, -0.15) is 0 Å². The highest BCUT2D eigenvalue weighted by Crippen LogP contribution is 2.28. The van der Waals surface area contributed by atoms with Crippen LogP contribution in [0.2, 0.25) is 0 Å². The van der Waals surface area contributed by atoms with E-state index in [0.717, 1.165) is 6.54 Å². The Morgan fingerprint density at radius 1 is 1.50 bits per heavy atom. The normalized spacial score (nSPS) is 11.8. The summed E-state index contributed by atoms with van der Waals surface area (Å²) in [5, 5.41) is 12.6. The first-order valence-electron chi connectivity index (χ1n) is 4.82. The molecule has 1 heterocycles. The van der Waals surface area contributed by atoms with Gasteiger partial charge < -0.3 is 10.0 Å². The van der Waals surface area contributed by atoms with Crippen molar-refractivity contribution < 1.29 is 5.11 Å². The fraction of sp³-hybridized carbons (Fsp3) is 0.636. The molecule has 2 nitrogen and oxygen atoms in total. The summed E-state index contributed by atoms with van der Waals surface area (Å²) in [5.41, 5.74) is 1.27. The number of rotatable bonds is 4. The lowest BCUT2D eigenvalue weighted by Gasteiger charge is -2.29. The highest BCUT2D eigenvalue weighted by Gasteiger charge is 2.20. The van der Waals surface area contributed by atoms with Crippen LogP contribution < -0.4 is 4.90 Å². The molecule has 0 bridgehead atoms. The van der Waals surface area contributed by atoms with Crippen LogP contribution >= 0.6 is 11.3 Å². The van der Waals surface area contributed by atoms with Gasteiger partial charge in [0.15, 0.2) is 0 Å². The number of hydrogen-bond donors (Lipinski definition) is 1. The predicted molar refractivity (Wildman–Crippen MR) is 63.2 cm³/mol. The van der Waals surface area contributed by atoms with Crippen molar-refractivity contribution in [3.05, 3.63) is 17.0 Å². The molecule has 80 valence electrons. The van der Waals surface area contributed by atoms with Crippen molar-refractivity contribution in [2.24, 2.45) is 5.41 Å². The minimum absolute atomic E-state index is 0.0365. The summed E-state index contributed by atoms with van der Waals surface area (Å²) in [6, 6.07) is 2.13. The molecule has 0 aliphatic carbocycles. The van der Waals surface area contributed by atoms with E-state index in [1.54, 1.807) is 11.3 Å². The van der Waals surface area contributed by atoms with E-state index in [1.807, 2.05) is 0 Å². The summed E-state index contributed by atoms with van der Waals surface area (Å²) >= 11 is 1.75. The summed E-state index contributed by atoms with van der Waals surface area (Å²) < 4.78 is 0. The summed E-state index contributed by atoms with van der Waals surface area (Å²) in [5.74, 6) is 0. The van der Waals surface area contributed by atoms with E-state index in [2.05, 4.69) is 44.2 Å². The fourth-order valence-corrected chi connectivity index (χ4v) is 2.42. The van der Waals surface area contributed by atoms with Gasteiger partial charge in [0.2, 0.25) is 0 Å². The Labute approximate surface area is 90.2 Å². The zero-order chi connectivity index (χ0) is 10.8. The number of nitrogens with zero attached hydrogens (tertiary/aromatic N) is 1. The summed E-state index contributed by atoms with van der Waals surface area (Å²) in [4.78, 5) is 2.22. The minimum Gasteiger partial charge on any atom is -0.396 e. The van der Waals surface area contributed by atoms with Crippen LogP contribution in [0, 0.1) is 12.3 Å². The largest absolute Gasteiger partial charge is 0.396 e. The standard InChI is InChI=1S/C11H19NOS/c1-9-5-6-14-10(9)12(4)7-11(2,3)8-13/h5-6,13H,7-8H2,1-4H3. The average Bonchev–Trinajstić information content (AvgIpc) is 2.51. The Balaban J connectivity index is 2.68. The lowest BCUT2D eigenvalue weighted by Crippen LogP contribution is -2.33. The van der Waals surface area contributed by atoms with Gasteiger partial charge in [-0.3, -0.25) is 0 Å². The third-order valence-corrected chi connectivity index (χ3v) is 3.40. The SMILES string of the molecule is Cc1ccsc1N(C)CC(C)(C)CO. The Morgan fingerprint density at radius 3 is 2.57 bits per heavy atom. The monoisotopic (exact) mass is 213 g/mol. The minimum atomic E-state index is -0.0365. The van der Waals surface area contributed by atoms with Crippen LogP contribution in [0.15, 0.2) is 11.4 Å². The molecule has 0 fully saturated rings. The van der Waals surface area contributed by atoms with E-state index in [0.29, 0.717) is 0 Å². The first-order chi connectivity index (χ1) is 6.46. The molecular formula is C11H19NOS. The van der Waals surface area contributed by atoms with Crippen molar-refractivity contribution in [1.29, 1.82) is 0 Å². The van der Waals surface area contributed by atoms with E-state index >= 15 is 0 Å². The molecule has 14 heavy (non-hydrogen) atoms. The third-order valence-electron chi connectivity index (χ3n) is 2.27. The molecule has 3 heteroatoms. The van der Waals surface area contributed by atoms with Crippen molar-refractivity contribution >= 4 is 16.3 Å². The Kier molecular flexibility index (Phi) is 3.56. The summed E-state index contributed by atoms with van der Waals surface area (Å²) in [7, 11) is 2.08. The zero-order valence-corrected chi connectivity index (χ0v) is 10.2. The molecule has 1 aromatic rings. The number of hydrogen-bond acceptors (Lipinski definition) is 3. The Morgan fingerprint density at radius 2 is 2.14 bits per heavy atom. The average molecular weight is 213 g/mol. The molecule has 1 rings (SSSR count). The van der Waals surface area contributed by atoms with Crippen molar-refractivity contribution in [2.45, 2.75) is 20.8 Å². The lowest BCUT2D eigenvalue weighted by molar-refractivity contribution is 0.165. The van der Waals surface area contributed by atoms with Crippen molar-refractivity contribution in [1.82, 2.24) is 0 Å². The molecule has 1 N–H and O–H groups in total. The van der Waals surface area contributed by atoms with E-state index in [4.69, 9.17) is 0 Å². The van der Waals surface area contributed by atoms with Crippen LogP contribution in [0.25, 0.3) is 0 Å². The molecule has 0 spiro atoms. The van der Waals surface area contributed by atoms with Gasteiger partial charge in [-0.15, -0.1) is 11.3 Å². The summed E-state index contributed by atoms with van der Waals surface area (Å²) in [6.07, 6.45) is 0. The Bertz CT molecular complexity index is 293. The second kappa shape index (κ2) is 4.32. The highest BCUT2D eigenvalue weighted by atomic mass is 32.1. The molecule has 0 amide bonds. The van der Waals surface area contributed by atoms with E-state index in [1.165, 1.54) is 10.6 Å². The van der Waals surface area contributed by atoms with E-state index in [9.17, 15) is 5.11 Å². The second-order valence-electron chi connectivity index (χ2n) is 4.59. The molecular weight excluding hydrogens is 194 g/mol. The molecule has 0 saturated carbocycles. The first kappa shape index (κ1) is 11.5. The number of aliphatic hydroxyl groups excluding tert-OH is 1. The molecule has 0 aliphatic rings. The van der Waals surface area contributed by atoms with Crippen LogP contribution in [-0.2, 0) is 0 Å². The van der Waals surface area contributed by atoms with Gasteiger partial charge in [0.05, 0.1) is 5.00 Å². The third kappa shape index (κ3) is 2.72. The quantitative estimate of drug-likeness (QED) is 0.830. The first-order valence-corrected chi connectivity index (χ1v) is 5.70. The van der Waals surface area contributed by atoms with Gasteiger partial charge in [0, 0.05) is 25.6 Å². The molecule has 1 aromatic heterocycles. The van der Waals surface area contributed by atoms with Crippen LogP contribution in [-0.4, -0.2) is 25.3 Å². The zero-order valence-electron chi connectivity index (χ0n) is 9.37. The van der Waals surface area contributed by atoms with Crippen molar-refractivity contribution in [3.63, 3.8) is 0 Å². The van der Waals surface area contributed by atoms with Gasteiger partial charge in [0.1, 0.15) is 0 Å². The highest BCUT2D eigenvalue weighted by molar-refractivity contribution is 7.14. The molecule has 0 atom stereocenters. The van der Waals surface area contributed by atoms with E-state index in [-0.39, 0.29) is 12.0 Å². The van der Waals surface area contributed by atoms with Gasteiger partial charge in [-0.1, -0.05) is 13.8 Å². The van der Waals surface area contributed by atoms with E-state index < -0.39 is 0 Å². The number of thiophene rings is 1. The molecule has 0 aromatic carbocycles. The van der Waals surface area contributed by atoms with Gasteiger partial charge in [0.25, 0.3) is 0 Å². The van der Waals surface area contributed by atoms with Crippen LogP contribution in [0.1, 0.15) is 19.4 Å².